The smallest absolute Gasteiger partial charge is 0.158 e. The van der Waals surface area contributed by atoms with Crippen LogP contribution in [0.4, 0.5) is 0 Å². The Bertz CT molecular complexity index is 663. The summed E-state index contributed by atoms with van der Waals surface area (Å²) in [5, 5.41) is 9.04. The van der Waals surface area contributed by atoms with Crippen molar-refractivity contribution in [1.29, 1.82) is 0 Å². The molecule has 0 bridgehead atoms. The maximum absolute atomic E-state index is 13.2. The summed E-state index contributed by atoms with van der Waals surface area (Å²) in [5.41, 5.74) is 0. The van der Waals surface area contributed by atoms with E-state index in [4.69, 9.17) is 24.1 Å². The Morgan fingerprint density at radius 2 is 1.51 bits per heavy atom. The quantitative estimate of drug-likeness (QED) is 0.209. The molecule has 2 heterocycles. The zero-order chi connectivity index (χ0) is 25.7. The van der Waals surface area contributed by atoms with Gasteiger partial charge in [0, 0.05) is 38.1 Å². The molecule has 0 radical (unpaired) electrons. The lowest BCUT2D eigenvalue weighted by atomic mass is 9.83. The van der Waals surface area contributed by atoms with Crippen molar-refractivity contribution in [3.05, 3.63) is 12.2 Å². The number of unbranched alkanes of at least 4 members (excludes halogenated alkanes) is 4. The van der Waals surface area contributed by atoms with Crippen LogP contribution in [-0.4, -0.2) is 55.5 Å². The van der Waals surface area contributed by atoms with Crippen molar-refractivity contribution < 1.29 is 28.8 Å². The average molecular weight is 521 g/mol. The summed E-state index contributed by atoms with van der Waals surface area (Å²) in [4.78, 5) is 13.2. The molecule has 0 spiro atoms. The molecule has 37 heavy (non-hydrogen) atoms. The van der Waals surface area contributed by atoms with Crippen molar-refractivity contribution in [1.82, 2.24) is 0 Å². The Morgan fingerprint density at radius 1 is 0.838 bits per heavy atom. The van der Waals surface area contributed by atoms with Gasteiger partial charge >= 0.3 is 0 Å². The molecular weight excluding hydrogens is 468 g/mol. The van der Waals surface area contributed by atoms with E-state index in [0.29, 0.717) is 18.1 Å². The van der Waals surface area contributed by atoms with Crippen LogP contribution in [0.15, 0.2) is 12.2 Å². The second-order valence-corrected chi connectivity index (χ2v) is 11.8. The van der Waals surface area contributed by atoms with Crippen LogP contribution in [0.1, 0.15) is 116 Å². The van der Waals surface area contributed by atoms with Gasteiger partial charge in [-0.25, -0.2) is 0 Å². The van der Waals surface area contributed by atoms with E-state index >= 15 is 0 Å². The zero-order valence-corrected chi connectivity index (χ0v) is 23.0. The van der Waals surface area contributed by atoms with Gasteiger partial charge in [-0.15, -0.1) is 0 Å². The lowest BCUT2D eigenvalue weighted by molar-refractivity contribution is -0.193. The number of hydrogen-bond acceptors (Lipinski definition) is 6. The molecule has 4 fully saturated rings. The van der Waals surface area contributed by atoms with Crippen molar-refractivity contribution >= 4 is 5.78 Å². The highest BCUT2D eigenvalue weighted by Gasteiger charge is 2.43. The SMILES string of the molecule is O=C1C[C@@H](OC2CCCCO2)[C@H](/C=C/[C@H](OC2CCCCO2)C2CCCCC2)[C@H]1CCCCCCCO. The highest BCUT2D eigenvalue weighted by molar-refractivity contribution is 5.84. The Labute approximate surface area is 224 Å². The predicted octanol–water partition coefficient (Wildman–Crippen LogP) is 6.48. The number of aliphatic hydroxyl groups is 1. The molecule has 4 aliphatic rings. The Kier molecular flexibility index (Phi) is 12.9. The first-order valence-corrected chi connectivity index (χ1v) is 15.6. The first kappa shape index (κ1) is 29.2. The number of carbonyl (C=O) groups excluding carboxylic acids is 1. The lowest BCUT2D eigenvalue weighted by Crippen LogP contribution is -2.33. The third-order valence-electron chi connectivity index (χ3n) is 8.93. The van der Waals surface area contributed by atoms with Gasteiger partial charge in [0.15, 0.2) is 12.6 Å². The van der Waals surface area contributed by atoms with Crippen LogP contribution in [0.2, 0.25) is 0 Å². The summed E-state index contributed by atoms with van der Waals surface area (Å²) in [6.07, 6.45) is 23.5. The highest BCUT2D eigenvalue weighted by atomic mass is 16.7. The molecule has 0 aromatic carbocycles. The Balaban J connectivity index is 1.43. The summed E-state index contributed by atoms with van der Waals surface area (Å²) in [5.74, 6) is 0.966. The van der Waals surface area contributed by atoms with Crippen molar-refractivity contribution in [2.24, 2.45) is 17.8 Å². The normalized spacial score (nSPS) is 32.8. The van der Waals surface area contributed by atoms with Crippen LogP contribution < -0.4 is 0 Å². The maximum Gasteiger partial charge on any atom is 0.158 e. The van der Waals surface area contributed by atoms with E-state index in [9.17, 15) is 4.79 Å². The number of carbonyl (C=O) groups is 1. The number of Topliss-reactive ketones (excluding diaryl/α,β-unsaturated/α-hetero) is 1. The molecule has 2 saturated carbocycles. The second kappa shape index (κ2) is 16.3. The molecule has 6 atom stereocenters. The first-order valence-electron chi connectivity index (χ1n) is 15.6. The Morgan fingerprint density at radius 3 is 2.22 bits per heavy atom. The summed E-state index contributed by atoms with van der Waals surface area (Å²) in [6, 6.07) is 0. The van der Waals surface area contributed by atoms with Crippen molar-refractivity contribution in [3.8, 4) is 0 Å². The minimum absolute atomic E-state index is 0.0145. The molecule has 1 N–H and O–H groups in total. The van der Waals surface area contributed by atoms with Crippen LogP contribution in [0.25, 0.3) is 0 Å². The van der Waals surface area contributed by atoms with Gasteiger partial charge in [0.05, 0.1) is 12.2 Å². The molecular formula is C31H52O6. The molecule has 0 aromatic heterocycles. The van der Waals surface area contributed by atoms with Crippen LogP contribution >= 0.6 is 0 Å². The van der Waals surface area contributed by atoms with Crippen LogP contribution in [0, 0.1) is 17.8 Å². The molecule has 2 aliphatic heterocycles. The van der Waals surface area contributed by atoms with Gasteiger partial charge in [0.1, 0.15) is 5.78 Å². The average Bonchev–Trinajstić information content (AvgIpc) is 3.23. The van der Waals surface area contributed by atoms with E-state index < -0.39 is 0 Å². The summed E-state index contributed by atoms with van der Waals surface area (Å²) in [7, 11) is 0. The predicted molar refractivity (Wildman–Crippen MR) is 144 cm³/mol. The standard InChI is InChI=1S/C31H52O6/c32-20-10-3-1-2-7-15-25-26(29(23-27(25)33)37-31-17-9-12-22-35-31)18-19-28(24-13-5-4-6-14-24)36-30-16-8-11-21-34-30/h18-19,24-26,28-32H,1-17,20-23H2/b19-18+/t25-,26-,28+,29-,30?,31?/m1/s1. The molecule has 2 saturated heterocycles. The third kappa shape index (κ3) is 9.42. The fourth-order valence-electron chi connectivity index (χ4n) is 6.74. The van der Waals surface area contributed by atoms with Gasteiger partial charge in [-0.2, -0.15) is 0 Å². The fourth-order valence-corrected chi connectivity index (χ4v) is 6.74. The maximum atomic E-state index is 13.2. The minimum Gasteiger partial charge on any atom is -0.396 e. The first-order chi connectivity index (χ1) is 18.2. The highest BCUT2D eigenvalue weighted by Crippen LogP contribution is 2.39. The van der Waals surface area contributed by atoms with Crippen molar-refractivity contribution in [2.75, 3.05) is 19.8 Å². The molecule has 0 amide bonds. The van der Waals surface area contributed by atoms with E-state index in [0.717, 1.165) is 83.8 Å². The van der Waals surface area contributed by atoms with Gasteiger partial charge in [-0.05, 0) is 70.1 Å². The topological polar surface area (TPSA) is 74.2 Å². The molecule has 6 nitrogen and oxygen atoms in total. The molecule has 0 aromatic rings. The van der Waals surface area contributed by atoms with E-state index in [-0.39, 0.29) is 43.2 Å². The number of ketones is 1. The largest absolute Gasteiger partial charge is 0.396 e. The monoisotopic (exact) mass is 520 g/mol. The number of ether oxygens (including phenoxy) is 4. The van der Waals surface area contributed by atoms with Gasteiger partial charge in [0.25, 0.3) is 0 Å². The van der Waals surface area contributed by atoms with E-state index in [2.05, 4.69) is 12.2 Å². The fraction of sp³-hybridized carbons (Fsp3) is 0.903. The third-order valence-corrected chi connectivity index (χ3v) is 8.93. The number of hydrogen-bond donors (Lipinski definition) is 1. The molecule has 6 heteroatoms. The molecule has 2 unspecified atom stereocenters. The van der Waals surface area contributed by atoms with E-state index in [1.54, 1.807) is 0 Å². The van der Waals surface area contributed by atoms with Crippen LogP contribution in [-0.2, 0) is 23.7 Å². The number of aliphatic hydroxyl groups excluding tert-OH is 1. The zero-order valence-electron chi connectivity index (χ0n) is 23.0. The molecule has 4 rings (SSSR count). The lowest BCUT2D eigenvalue weighted by Gasteiger charge is -2.33. The van der Waals surface area contributed by atoms with Gasteiger partial charge in [-0.1, -0.05) is 57.1 Å². The number of rotatable bonds is 14. The van der Waals surface area contributed by atoms with Crippen molar-refractivity contribution in [2.45, 2.75) is 140 Å². The van der Waals surface area contributed by atoms with Crippen LogP contribution in [0.3, 0.4) is 0 Å². The summed E-state index contributed by atoms with van der Waals surface area (Å²) < 4.78 is 24.9. The summed E-state index contributed by atoms with van der Waals surface area (Å²) >= 11 is 0. The molecule has 212 valence electrons. The van der Waals surface area contributed by atoms with Crippen LogP contribution in [0.5, 0.6) is 0 Å². The minimum atomic E-state index is -0.180. The Hall–Kier alpha value is -0.790. The second-order valence-electron chi connectivity index (χ2n) is 11.8. The molecule has 2 aliphatic carbocycles. The van der Waals surface area contributed by atoms with Gasteiger partial charge < -0.3 is 24.1 Å². The van der Waals surface area contributed by atoms with Gasteiger partial charge in [-0.3, -0.25) is 4.79 Å². The van der Waals surface area contributed by atoms with Crippen molar-refractivity contribution in [3.63, 3.8) is 0 Å². The van der Waals surface area contributed by atoms with E-state index in [1.165, 1.54) is 38.5 Å². The summed E-state index contributed by atoms with van der Waals surface area (Å²) in [6.45, 7) is 1.81. The van der Waals surface area contributed by atoms with Gasteiger partial charge in [0.2, 0.25) is 0 Å². The van der Waals surface area contributed by atoms with E-state index in [1.807, 2.05) is 0 Å².